The molecule has 16 heavy (non-hydrogen) atoms. The van der Waals surface area contributed by atoms with Crippen molar-refractivity contribution in [3.8, 4) is 0 Å². The van der Waals surface area contributed by atoms with Gasteiger partial charge in [-0.25, -0.2) is 0 Å². The molecule has 0 N–H and O–H groups in total. The first kappa shape index (κ1) is 11.0. The Bertz CT molecular complexity index is 462. The average molecular weight is 215 g/mol. The van der Waals surface area contributed by atoms with Crippen LogP contribution in [0.2, 0.25) is 0 Å². The van der Waals surface area contributed by atoms with Gasteiger partial charge in [0, 0.05) is 31.8 Å². The average Bonchev–Trinajstić information content (AvgIpc) is 2.35. The van der Waals surface area contributed by atoms with Gasteiger partial charge in [0.1, 0.15) is 0 Å². The smallest absolute Gasteiger partial charge is 0.0637 e. The normalized spacial score (nSPS) is 10.6. The van der Waals surface area contributed by atoms with Crippen LogP contribution >= 0.6 is 0 Å². The second-order valence-electron chi connectivity index (χ2n) is 3.91. The van der Waals surface area contributed by atoms with Crippen molar-refractivity contribution < 1.29 is 4.74 Å². The lowest BCUT2D eigenvalue weighted by Gasteiger charge is -2.20. The lowest BCUT2D eigenvalue weighted by molar-refractivity contribution is 0.206. The Labute approximate surface area is 96.4 Å². The summed E-state index contributed by atoms with van der Waals surface area (Å²) < 4.78 is 5.10. The van der Waals surface area contributed by atoms with Crippen molar-refractivity contribution in [3.63, 3.8) is 0 Å². The summed E-state index contributed by atoms with van der Waals surface area (Å²) in [7, 11) is 3.83. The molecule has 0 unspecified atom stereocenters. The summed E-state index contributed by atoms with van der Waals surface area (Å²) in [5, 5.41) is 2.58. The van der Waals surface area contributed by atoms with E-state index in [2.05, 4.69) is 54.4 Å². The van der Waals surface area contributed by atoms with Crippen LogP contribution in [0.4, 0.5) is 5.69 Å². The minimum atomic E-state index is 0.750. The molecule has 0 aliphatic rings. The number of methoxy groups -OCH3 is 1. The molecule has 0 bridgehead atoms. The second kappa shape index (κ2) is 4.99. The molecule has 0 atom stereocenters. The Kier molecular flexibility index (Phi) is 3.42. The van der Waals surface area contributed by atoms with Gasteiger partial charge < -0.3 is 9.64 Å². The van der Waals surface area contributed by atoms with Crippen molar-refractivity contribution >= 4 is 16.5 Å². The quantitative estimate of drug-likeness (QED) is 0.777. The predicted octanol–water partition coefficient (Wildman–Crippen LogP) is 2.92. The molecule has 0 saturated heterocycles. The summed E-state index contributed by atoms with van der Waals surface area (Å²) in [5.74, 6) is 0. The molecule has 2 nitrogen and oxygen atoms in total. The van der Waals surface area contributed by atoms with Crippen LogP contribution in [-0.2, 0) is 4.74 Å². The van der Waals surface area contributed by atoms with E-state index in [9.17, 15) is 0 Å². The molecule has 0 amide bonds. The zero-order chi connectivity index (χ0) is 11.4. The van der Waals surface area contributed by atoms with Crippen LogP contribution in [0, 0.1) is 0 Å². The molecule has 2 aromatic carbocycles. The molecule has 84 valence electrons. The molecular weight excluding hydrogens is 198 g/mol. The molecular formula is C14H17NO. The van der Waals surface area contributed by atoms with Crippen LogP contribution in [-0.4, -0.2) is 27.3 Å². The summed E-state index contributed by atoms with van der Waals surface area (Å²) in [6.07, 6.45) is 0. The number of hydrogen-bond acceptors (Lipinski definition) is 2. The van der Waals surface area contributed by atoms with E-state index < -0.39 is 0 Å². The van der Waals surface area contributed by atoms with Gasteiger partial charge in [0.2, 0.25) is 0 Å². The van der Waals surface area contributed by atoms with Crippen molar-refractivity contribution in [2.75, 3.05) is 32.2 Å². The minimum Gasteiger partial charge on any atom is -0.383 e. The highest BCUT2D eigenvalue weighted by Crippen LogP contribution is 2.25. The van der Waals surface area contributed by atoms with Gasteiger partial charge in [0.15, 0.2) is 0 Å². The fourth-order valence-electron chi connectivity index (χ4n) is 1.89. The van der Waals surface area contributed by atoms with Gasteiger partial charge in [-0.15, -0.1) is 0 Å². The van der Waals surface area contributed by atoms with Gasteiger partial charge >= 0.3 is 0 Å². The lowest BCUT2D eigenvalue weighted by Crippen LogP contribution is -2.22. The van der Waals surface area contributed by atoms with E-state index in [4.69, 9.17) is 4.74 Å². The van der Waals surface area contributed by atoms with Crippen LogP contribution in [0.25, 0.3) is 10.8 Å². The predicted molar refractivity (Wildman–Crippen MR) is 69.1 cm³/mol. The molecule has 0 aromatic heterocycles. The Morgan fingerprint density at radius 3 is 2.62 bits per heavy atom. The summed E-state index contributed by atoms with van der Waals surface area (Å²) in [5.41, 5.74) is 1.26. The fourth-order valence-corrected chi connectivity index (χ4v) is 1.89. The molecule has 0 spiro atoms. The highest BCUT2D eigenvalue weighted by atomic mass is 16.5. The minimum absolute atomic E-state index is 0.750. The van der Waals surface area contributed by atoms with Crippen molar-refractivity contribution in [2.45, 2.75) is 0 Å². The zero-order valence-corrected chi connectivity index (χ0v) is 9.81. The third-order valence-corrected chi connectivity index (χ3v) is 2.81. The fraction of sp³-hybridized carbons (Fsp3) is 0.286. The Morgan fingerprint density at radius 1 is 1.06 bits per heavy atom. The van der Waals surface area contributed by atoms with Crippen molar-refractivity contribution in [3.05, 3.63) is 42.5 Å². The number of rotatable bonds is 4. The first-order valence-electron chi connectivity index (χ1n) is 5.51. The van der Waals surface area contributed by atoms with E-state index in [1.165, 1.54) is 16.5 Å². The third-order valence-electron chi connectivity index (χ3n) is 2.81. The summed E-state index contributed by atoms with van der Waals surface area (Å²) in [4.78, 5) is 2.23. The number of likely N-dealkylation sites (N-methyl/N-ethyl adjacent to an activating group) is 1. The van der Waals surface area contributed by atoms with Crippen molar-refractivity contribution in [2.24, 2.45) is 0 Å². The van der Waals surface area contributed by atoms with Gasteiger partial charge in [0.05, 0.1) is 6.61 Å². The van der Waals surface area contributed by atoms with Crippen LogP contribution in [0.5, 0.6) is 0 Å². The third kappa shape index (κ3) is 2.17. The number of nitrogens with zero attached hydrogens (tertiary/aromatic N) is 1. The van der Waals surface area contributed by atoms with Crippen molar-refractivity contribution in [1.82, 2.24) is 0 Å². The van der Waals surface area contributed by atoms with Gasteiger partial charge in [-0.3, -0.25) is 0 Å². The second-order valence-corrected chi connectivity index (χ2v) is 3.91. The van der Waals surface area contributed by atoms with Crippen LogP contribution in [0.15, 0.2) is 42.5 Å². The van der Waals surface area contributed by atoms with E-state index >= 15 is 0 Å². The maximum absolute atomic E-state index is 5.10. The van der Waals surface area contributed by atoms with E-state index in [1.54, 1.807) is 7.11 Å². The van der Waals surface area contributed by atoms with E-state index in [0.29, 0.717) is 0 Å². The van der Waals surface area contributed by atoms with Gasteiger partial charge in [-0.2, -0.15) is 0 Å². The Balaban J connectivity index is 2.36. The number of ether oxygens (including phenoxy) is 1. The SMILES string of the molecule is COCCN(C)c1cccc2ccccc12. The molecule has 2 rings (SSSR count). The maximum atomic E-state index is 5.10. The summed E-state index contributed by atoms with van der Waals surface area (Å²) >= 11 is 0. The summed E-state index contributed by atoms with van der Waals surface area (Å²) in [6.45, 7) is 1.66. The van der Waals surface area contributed by atoms with E-state index in [-0.39, 0.29) is 0 Å². The highest BCUT2D eigenvalue weighted by molar-refractivity contribution is 5.94. The summed E-state index contributed by atoms with van der Waals surface area (Å²) in [6, 6.07) is 14.8. The van der Waals surface area contributed by atoms with Crippen LogP contribution in [0.1, 0.15) is 0 Å². The molecule has 2 heteroatoms. The number of anilines is 1. The van der Waals surface area contributed by atoms with Crippen LogP contribution < -0.4 is 4.90 Å². The van der Waals surface area contributed by atoms with E-state index in [0.717, 1.165) is 13.2 Å². The number of hydrogen-bond donors (Lipinski definition) is 0. The largest absolute Gasteiger partial charge is 0.383 e. The molecule has 0 radical (unpaired) electrons. The molecule has 0 saturated carbocycles. The Morgan fingerprint density at radius 2 is 1.81 bits per heavy atom. The molecule has 0 fully saturated rings. The standard InChI is InChI=1S/C14H17NO/c1-15(10-11-16-2)14-9-5-7-12-6-3-4-8-13(12)14/h3-9H,10-11H2,1-2H3. The van der Waals surface area contributed by atoms with Crippen LogP contribution in [0.3, 0.4) is 0 Å². The number of fused-ring (bicyclic) bond motifs is 1. The Hall–Kier alpha value is -1.54. The topological polar surface area (TPSA) is 12.5 Å². The van der Waals surface area contributed by atoms with E-state index in [1.807, 2.05) is 0 Å². The van der Waals surface area contributed by atoms with Crippen molar-refractivity contribution in [1.29, 1.82) is 0 Å². The monoisotopic (exact) mass is 215 g/mol. The first-order valence-corrected chi connectivity index (χ1v) is 5.51. The maximum Gasteiger partial charge on any atom is 0.0637 e. The van der Waals surface area contributed by atoms with Gasteiger partial charge in [0.25, 0.3) is 0 Å². The highest BCUT2D eigenvalue weighted by Gasteiger charge is 2.04. The molecule has 0 heterocycles. The molecule has 0 aliphatic heterocycles. The van der Waals surface area contributed by atoms with Gasteiger partial charge in [-0.1, -0.05) is 36.4 Å². The number of benzene rings is 2. The molecule has 0 aliphatic carbocycles. The van der Waals surface area contributed by atoms with Gasteiger partial charge in [-0.05, 0) is 11.5 Å². The lowest BCUT2D eigenvalue weighted by atomic mass is 10.1. The zero-order valence-electron chi connectivity index (χ0n) is 9.81. The molecule has 2 aromatic rings. The first-order chi connectivity index (χ1) is 7.83.